The van der Waals surface area contributed by atoms with Crippen molar-refractivity contribution in [1.29, 1.82) is 0 Å². The van der Waals surface area contributed by atoms with E-state index in [-0.39, 0.29) is 29.4 Å². The van der Waals surface area contributed by atoms with Crippen LogP contribution in [0.3, 0.4) is 0 Å². The van der Waals surface area contributed by atoms with Crippen molar-refractivity contribution in [2.24, 2.45) is 5.92 Å². The summed E-state index contributed by atoms with van der Waals surface area (Å²) in [5.41, 5.74) is -0.580. The molecule has 3 unspecified atom stereocenters. The van der Waals surface area contributed by atoms with Crippen molar-refractivity contribution in [3.8, 4) is 11.4 Å². The second-order valence-corrected chi connectivity index (χ2v) is 8.62. The van der Waals surface area contributed by atoms with Crippen molar-refractivity contribution < 1.29 is 22.4 Å². The molecule has 6 nitrogen and oxygen atoms in total. The Kier molecular flexibility index (Phi) is 5.66. The van der Waals surface area contributed by atoms with Crippen LogP contribution >= 0.6 is 0 Å². The Hall–Kier alpha value is -3.56. The first-order valence-electron chi connectivity index (χ1n) is 11.0. The van der Waals surface area contributed by atoms with Crippen molar-refractivity contribution in [2.75, 3.05) is 11.9 Å². The van der Waals surface area contributed by atoms with E-state index in [1.807, 2.05) is 0 Å². The molecule has 1 N–H and O–H groups in total. The zero-order valence-electron chi connectivity index (χ0n) is 18.0. The van der Waals surface area contributed by atoms with Gasteiger partial charge in [0.05, 0.1) is 17.2 Å². The van der Waals surface area contributed by atoms with E-state index in [0.717, 1.165) is 25.1 Å². The molecule has 34 heavy (non-hydrogen) atoms. The fourth-order valence-corrected chi connectivity index (χ4v) is 4.93. The quantitative estimate of drug-likeness (QED) is 0.554. The molecule has 1 amide bonds. The summed E-state index contributed by atoms with van der Waals surface area (Å²) in [7, 11) is 0. The maximum Gasteiger partial charge on any atom is 0.417 e. The first-order chi connectivity index (χ1) is 16.3. The summed E-state index contributed by atoms with van der Waals surface area (Å²) in [6.07, 6.45) is 1.78. The highest BCUT2D eigenvalue weighted by atomic mass is 19.4. The average Bonchev–Trinajstić information content (AvgIpc) is 2.84. The molecular weight excluding hydrogens is 450 g/mol. The molecule has 0 radical (unpaired) electrons. The predicted molar refractivity (Wildman–Crippen MR) is 116 cm³/mol. The van der Waals surface area contributed by atoms with E-state index in [1.165, 1.54) is 30.6 Å². The minimum absolute atomic E-state index is 0.0762. The number of nitrogens with one attached hydrogen (secondary N) is 1. The molecule has 1 saturated carbocycles. The lowest BCUT2D eigenvalue weighted by molar-refractivity contribution is -0.137. The molecule has 3 aromatic rings. The van der Waals surface area contributed by atoms with Gasteiger partial charge in [0.1, 0.15) is 11.6 Å². The van der Waals surface area contributed by atoms with Gasteiger partial charge in [0.25, 0.3) is 5.91 Å². The number of pyridine rings is 1. The Morgan fingerprint density at radius 2 is 1.82 bits per heavy atom. The van der Waals surface area contributed by atoms with Gasteiger partial charge in [0.15, 0.2) is 5.82 Å². The van der Waals surface area contributed by atoms with E-state index in [4.69, 9.17) is 0 Å². The third kappa shape index (κ3) is 4.20. The van der Waals surface area contributed by atoms with Gasteiger partial charge < -0.3 is 10.2 Å². The molecule has 2 bridgehead atoms. The summed E-state index contributed by atoms with van der Waals surface area (Å²) in [6.45, 7) is 0.492. The van der Waals surface area contributed by atoms with Crippen LogP contribution in [-0.2, 0) is 6.18 Å². The minimum atomic E-state index is -4.46. The number of alkyl halides is 3. The Morgan fingerprint density at radius 1 is 1.03 bits per heavy atom. The van der Waals surface area contributed by atoms with Crippen LogP contribution in [0.4, 0.5) is 23.4 Å². The van der Waals surface area contributed by atoms with E-state index in [0.29, 0.717) is 24.3 Å². The molecule has 3 aliphatic rings. The lowest BCUT2D eigenvalue weighted by atomic mass is 9.76. The van der Waals surface area contributed by atoms with Gasteiger partial charge in [-0.05, 0) is 49.4 Å². The first-order valence-corrected chi connectivity index (χ1v) is 11.0. The first kappa shape index (κ1) is 22.2. The van der Waals surface area contributed by atoms with Crippen molar-refractivity contribution in [3.63, 3.8) is 0 Å². The highest BCUT2D eigenvalue weighted by molar-refractivity contribution is 6.00. The van der Waals surface area contributed by atoms with Gasteiger partial charge in [0, 0.05) is 36.7 Å². The molecule has 10 heteroatoms. The average molecular weight is 471 g/mol. The lowest BCUT2D eigenvalue weighted by Gasteiger charge is -2.50. The molecule has 3 atom stereocenters. The molecule has 2 saturated heterocycles. The Bertz CT molecular complexity index is 1190. The van der Waals surface area contributed by atoms with Crippen LogP contribution in [0.25, 0.3) is 11.4 Å². The molecular formula is C24H21F4N5O. The summed E-state index contributed by atoms with van der Waals surface area (Å²) < 4.78 is 53.5. The number of piperidine rings is 2. The number of amides is 1. The van der Waals surface area contributed by atoms with Gasteiger partial charge in [-0.3, -0.25) is 4.79 Å². The third-order valence-electron chi connectivity index (χ3n) is 6.50. The number of anilines is 1. The number of aromatic nitrogens is 3. The zero-order valence-corrected chi connectivity index (χ0v) is 18.0. The number of halogens is 4. The highest BCUT2D eigenvalue weighted by Gasteiger charge is 2.44. The number of rotatable bonds is 4. The highest BCUT2D eigenvalue weighted by Crippen LogP contribution is 2.38. The number of fused-ring (bicyclic) bond motifs is 3. The maximum atomic E-state index is 14.9. The molecule has 1 aromatic carbocycles. The summed E-state index contributed by atoms with van der Waals surface area (Å²) in [6, 6.07) is 7.83. The zero-order chi connectivity index (χ0) is 23.9. The van der Waals surface area contributed by atoms with Gasteiger partial charge in [-0.2, -0.15) is 13.2 Å². The molecule has 3 fully saturated rings. The smallest absolute Gasteiger partial charge is 0.365 e. The molecule has 6 rings (SSSR count). The second kappa shape index (κ2) is 8.66. The molecule has 2 aliphatic heterocycles. The van der Waals surface area contributed by atoms with E-state index in [2.05, 4.69) is 20.3 Å². The number of nitrogens with zero attached hydrogens (tertiary/aromatic N) is 4. The second-order valence-electron chi connectivity index (χ2n) is 8.62. The number of carbonyl (C=O) groups is 1. The number of carbonyl (C=O) groups excluding carboxylic acids is 1. The predicted octanol–water partition coefficient (Wildman–Crippen LogP) is 4.80. The van der Waals surface area contributed by atoms with Crippen LogP contribution in [-0.4, -0.2) is 44.4 Å². The van der Waals surface area contributed by atoms with Crippen LogP contribution < -0.4 is 5.32 Å². The van der Waals surface area contributed by atoms with Crippen molar-refractivity contribution in [1.82, 2.24) is 19.9 Å². The minimum Gasteiger partial charge on any atom is -0.365 e. The molecule has 4 heterocycles. The molecule has 176 valence electrons. The Morgan fingerprint density at radius 3 is 2.50 bits per heavy atom. The molecule has 2 aromatic heterocycles. The van der Waals surface area contributed by atoms with Crippen LogP contribution in [0, 0.1) is 11.7 Å². The van der Waals surface area contributed by atoms with Crippen molar-refractivity contribution in [3.05, 3.63) is 71.9 Å². The third-order valence-corrected chi connectivity index (χ3v) is 6.50. The Balaban J connectivity index is 1.41. The van der Waals surface area contributed by atoms with Gasteiger partial charge >= 0.3 is 6.18 Å². The van der Waals surface area contributed by atoms with E-state index in [1.54, 1.807) is 17.0 Å². The standard InChI is InChI=1S/C24H21F4N5O/c25-17-4-1-3-16(22-29-9-2-10-30-22)21(17)23(34)33-13-14-5-7-19(33)18(11-14)32-20-8-6-15(12-31-20)24(26,27)28/h1-4,6,8-10,12,14,18-19H,5,7,11,13H2,(H,31,32). The van der Waals surface area contributed by atoms with E-state index < -0.39 is 23.5 Å². The number of benzene rings is 1. The Labute approximate surface area is 193 Å². The van der Waals surface area contributed by atoms with Crippen LogP contribution in [0.2, 0.25) is 0 Å². The maximum absolute atomic E-state index is 14.9. The van der Waals surface area contributed by atoms with Crippen molar-refractivity contribution >= 4 is 11.7 Å². The fraction of sp³-hybridized carbons (Fsp3) is 0.333. The summed E-state index contributed by atoms with van der Waals surface area (Å²) in [5, 5.41) is 3.20. The number of hydrogen-bond acceptors (Lipinski definition) is 5. The SMILES string of the molecule is O=C(c1c(F)cccc1-c1ncccn1)N1CC2CCC1C(Nc1ccc(C(F)(F)F)cn1)C2. The lowest BCUT2D eigenvalue weighted by Crippen LogP contribution is -2.60. The van der Waals surface area contributed by atoms with Crippen LogP contribution in [0.1, 0.15) is 35.2 Å². The van der Waals surface area contributed by atoms with Gasteiger partial charge in [-0.25, -0.2) is 19.3 Å². The number of hydrogen-bond donors (Lipinski definition) is 1. The summed E-state index contributed by atoms with van der Waals surface area (Å²) >= 11 is 0. The van der Waals surface area contributed by atoms with Gasteiger partial charge in [-0.1, -0.05) is 12.1 Å². The van der Waals surface area contributed by atoms with Gasteiger partial charge in [0.2, 0.25) is 0 Å². The topological polar surface area (TPSA) is 71.0 Å². The fourth-order valence-electron chi connectivity index (χ4n) is 4.93. The largest absolute Gasteiger partial charge is 0.417 e. The van der Waals surface area contributed by atoms with Gasteiger partial charge in [-0.15, -0.1) is 0 Å². The van der Waals surface area contributed by atoms with E-state index >= 15 is 0 Å². The molecule has 1 aliphatic carbocycles. The van der Waals surface area contributed by atoms with Crippen LogP contribution in [0.5, 0.6) is 0 Å². The van der Waals surface area contributed by atoms with Crippen LogP contribution in [0.15, 0.2) is 55.0 Å². The monoisotopic (exact) mass is 471 g/mol. The van der Waals surface area contributed by atoms with E-state index in [9.17, 15) is 22.4 Å². The summed E-state index contributed by atoms with van der Waals surface area (Å²) in [4.78, 5) is 27.5. The molecule has 0 spiro atoms. The summed E-state index contributed by atoms with van der Waals surface area (Å²) in [5.74, 6) is -0.324. The normalized spacial score (nSPS) is 22.0. The van der Waals surface area contributed by atoms with Crippen molar-refractivity contribution in [2.45, 2.75) is 37.5 Å².